The van der Waals surface area contributed by atoms with Gasteiger partial charge in [-0.05, 0) is 52.7 Å². The van der Waals surface area contributed by atoms with E-state index in [9.17, 15) is 24.0 Å². The summed E-state index contributed by atoms with van der Waals surface area (Å²) in [6, 6.07) is 20.2. The van der Waals surface area contributed by atoms with Crippen molar-refractivity contribution in [1.29, 1.82) is 0 Å². The molecule has 0 unspecified atom stereocenters. The summed E-state index contributed by atoms with van der Waals surface area (Å²) in [5.74, 6) is -3.16. The van der Waals surface area contributed by atoms with Crippen molar-refractivity contribution in [2.24, 2.45) is 29.6 Å². The number of hydrogen-bond acceptors (Lipinski definition) is 17. The number of rotatable bonds is 19. The van der Waals surface area contributed by atoms with Crippen LogP contribution in [0.15, 0.2) is 111 Å². The maximum Gasteiger partial charge on any atom is 0.308 e. The van der Waals surface area contributed by atoms with Crippen molar-refractivity contribution in [2.75, 3.05) is 21.3 Å². The SMILES string of the molecule is CO[C@H]1C/C=C/c2nc(co2)-c2nc(co2)-c2nc(co2)[C@@H](OC)[C@@H](C)C(=O)/C=C/C[C@H](O[Si](c2ccccc2)(c2ccccc2)C(C)(C)C)CC(=O)O[C@@H](C[C@H](OC)[C@@H](C)CCC(=O)[C@H](C)[C@H](OC(C)=O)[C@H](C)CC=O)[C@@H]1C. The van der Waals surface area contributed by atoms with E-state index in [-0.39, 0.29) is 73.2 Å². The Morgan fingerprint density at radius 1 is 0.797 bits per heavy atom. The second kappa shape index (κ2) is 28.6. The summed E-state index contributed by atoms with van der Waals surface area (Å²) >= 11 is 0. The maximum atomic E-state index is 15.0. The van der Waals surface area contributed by atoms with Crippen molar-refractivity contribution >= 4 is 54.6 Å². The van der Waals surface area contributed by atoms with Crippen LogP contribution in [-0.2, 0) is 52.1 Å². The number of carbonyl (C=O) groups excluding carboxylic acids is 5. The molecule has 0 fully saturated rings. The number of ketones is 2. The topological polar surface area (TPSA) is 219 Å². The summed E-state index contributed by atoms with van der Waals surface area (Å²) < 4.78 is 55.4. The number of hydrogen-bond donors (Lipinski definition) is 0. The van der Waals surface area contributed by atoms with Gasteiger partial charge in [-0.1, -0.05) is 128 Å². The number of nitrogens with zero attached hydrogens (tertiary/aromatic N) is 3. The number of esters is 2. The molecule has 1 aliphatic rings. The molecule has 5 aromatic rings. The highest BCUT2D eigenvalue weighted by Crippen LogP contribution is 2.39. The van der Waals surface area contributed by atoms with Gasteiger partial charge in [0.15, 0.2) is 17.2 Å². The number of cyclic esters (lactones) is 1. The lowest BCUT2D eigenvalue weighted by atomic mass is 9.84. The number of ether oxygens (including phenoxy) is 5. The van der Waals surface area contributed by atoms with Crippen molar-refractivity contribution < 1.29 is 65.3 Å². The number of aldehydes is 1. The molecule has 79 heavy (non-hydrogen) atoms. The highest BCUT2D eigenvalue weighted by Gasteiger charge is 2.52. The molecule has 426 valence electrons. The zero-order valence-corrected chi connectivity index (χ0v) is 48.8. The van der Waals surface area contributed by atoms with Gasteiger partial charge in [-0.3, -0.25) is 19.2 Å². The molecule has 0 saturated carbocycles. The van der Waals surface area contributed by atoms with E-state index < -0.39 is 79.7 Å². The first-order valence-electron chi connectivity index (χ1n) is 27.2. The summed E-state index contributed by atoms with van der Waals surface area (Å²) in [6.07, 6.45) is 9.06. The minimum Gasteiger partial charge on any atom is -0.462 e. The van der Waals surface area contributed by atoms with Gasteiger partial charge in [0.05, 0.1) is 36.6 Å². The lowest BCUT2D eigenvalue weighted by Gasteiger charge is -2.45. The Balaban J connectivity index is 1.38. The van der Waals surface area contributed by atoms with Crippen LogP contribution in [0, 0.1) is 29.6 Å². The number of allylic oxidation sites excluding steroid dienone is 1. The number of carbonyl (C=O) groups is 5. The molecule has 0 saturated heterocycles. The highest BCUT2D eigenvalue weighted by molar-refractivity contribution is 6.99. The van der Waals surface area contributed by atoms with Crippen molar-refractivity contribution in [2.45, 2.75) is 149 Å². The molecule has 0 amide bonds. The zero-order chi connectivity index (χ0) is 57.4. The Morgan fingerprint density at radius 2 is 1.42 bits per heavy atom. The molecule has 4 heterocycles. The van der Waals surface area contributed by atoms with Crippen LogP contribution in [0.1, 0.15) is 125 Å². The standard InChI is InChI=1S/C61H79N3O14Si/c1-38(29-30-51(68)40(3)57(76-43(6)66)39(2)31-32-65)53(71-11)34-54-42(5)52(70-10)27-20-28-55-62-48(36-73-55)59-64-49(37-75-59)60-63-47(35-74-60)58(72-12)41(4)50(67)26-19-21-44(33-56(69)77-54)78-79(61(7,8)9,45-22-15-13-16-23-45)46-24-17-14-18-25-46/h13-20,22-26,28,32,35-42,44,52-54,57-58H,21,27,29-31,33-34H2,1-12H3/b26-19+,28-20+/t38-,39+,40-,41-,42+,44-,52-,53-,54-,57+,58-/m0/s1. The van der Waals surface area contributed by atoms with Crippen LogP contribution in [0.25, 0.3) is 29.2 Å². The van der Waals surface area contributed by atoms with Gasteiger partial charge in [0.2, 0.25) is 17.7 Å². The highest BCUT2D eigenvalue weighted by atomic mass is 28.4. The molecule has 6 rings (SSSR count). The third-order valence-electron chi connectivity index (χ3n) is 15.2. The van der Waals surface area contributed by atoms with Crippen molar-refractivity contribution in [3.05, 3.63) is 109 Å². The summed E-state index contributed by atoms with van der Waals surface area (Å²) in [4.78, 5) is 80.1. The molecule has 0 N–H and O–H groups in total. The number of fused-ring (bicyclic) bond motifs is 8. The second-order valence-electron chi connectivity index (χ2n) is 21.8. The number of Topliss-reactive ketones (excluding diaryl/α,β-unsaturated/α-hetero) is 1. The van der Waals surface area contributed by atoms with Gasteiger partial charge in [-0.15, -0.1) is 0 Å². The van der Waals surface area contributed by atoms with Gasteiger partial charge in [0, 0.05) is 59.4 Å². The Hall–Kier alpha value is -6.44. The van der Waals surface area contributed by atoms with E-state index in [1.54, 1.807) is 47.1 Å². The van der Waals surface area contributed by atoms with Crippen LogP contribution in [0.3, 0.4) is 0 Å². The average Bonchev–Trinajstić information content (AvgIpc) is 4.30. The van der Waals surface area contributed by atoms with E-state index in [1.165, 1.54) is 38.9 Å². The van der Waals surface area contributed by atoms with Crippen LogP contribution in [0.2, 0.25) is 5.04 Å². The van der Waals surface area contributed by atoms with Gasteiger partial charge in [0.25, 0.3) is 8.32 Å². The number of benzene rings is 2. The molecular weight excluding hydrogens is 1030 g/mol. The fraction of sp³-hybridized carbons (Fsp3) is 0.508. The fourth-order valence-electron chi connectivity index (χ4n) is 10.6. The molecule has 11 atom stereocenters. The Kier molecular flexibility index (Phi) is 22.4. The summed E-state index contributed by atoms with van der Waals surface area (Å²) in [6.45, 7) is 17.0. The Labute approximate surface area is 465 Å². The van der Waals surface area contributed by atoms with Crippen molar-refractivity contribution in [3.8, 4) is 23.2 Å². The fourth-order valence-corrected chi connectivity index (χ4v) is 15.3. The minimum atomic E-state index is -3.29. The lowest BCUT2D eigenvalue weighted by molar-refractivity contribution is -0.159. The maximum absolute atomic E-state index is 15.0. The number of aromatic nitrogens is 3. The molecule has 0 spiro atoms. The number of methoxy groups -OCH3 is 3. The molecule has 3 aromatic heterocycles. The van der Waals surface area contributed by atoms with Gasteiger partial charge in [-0.2, -0.15) is 0 Å². The zero-order valence-electron chi connectivity index (χ0n) is 47.8. The van der Waals surface area contributed by atoms with Crippen LogP contribution in [0.5, 0.6) is 0 Å². The molecule has 2 aromatic carbocycles. The van der Waals surface area contributed by atoms with Crippen molar-refractivity contribution in [3.63, 3.8) is 0 Å². The Morgan fingerprint density at radius 3 is 2.03 bits per heavy atom. The third-order valence-corrected chi connectivity index (χ3v) is 20.3. The van der Waals surface area contributed by atoms with Gasteiger partial charge in [-0.25, -0.2) is 15.0 Å². The van der Waals surface area contributed by atoms with E-state index in [0.29, 0.717) is 29.9 Å². The summed E-state index contributed by atoms with van der Waals surface area (Å²) in [7, 11) is 1.40. The molecule has 0 aliphatic carbocycles. The first kappa shape index (κ1) is 61.8. The van der Waals surface area contributed by atoms with E-state index in [2.05, 4.69) is 60.0 Å². The minimum absolute atomic E-state index is 0.112. The molecular formula is C61H79N3O14Si. The monoisotopic (exact) mass is 1110 g/mol. The molecule has 17 nitrogen and oxygen atoms in total. The second-order valence-corrected chi connectivity index (χ2v) is 26.1. The lowest BCUT2D eigenvalue weighted by Crippen LogP contribution is -2.67. The van der Waals surface area contributed by atoms with Gasteiger partial charge < -0.3 is 46.2 Å². The Bertz CT molecular complexity index is 2780. The van der Waals surface area contributed by atoms with Crippen LogP contribution < -0.4 is 10.4 Å². The molecule has 1 aliphatic heterocycles. The normalized spacial score (nSPS) is 22.7. The summed E-state index contributed by atoms with van der Waals surface area (Å²) in [5.41, 5.74) is 1.01. The molecule has 18 heteroatoms. The predicted molar refractivity (Wildman–Crippen MR) is 299 cm³/mol. The predicted octanol–water partition coefficient (Wildman–Crippen LogP) is 10.3. The smallest absolute Gasteiger partial charge is 0.308 e. The number of oxazole rings is 3. The third kappa shape index (κ3) is 15.7. The average molecular weight is 1110 g/mol. The van der Waals surface area contributed by atoms with E-state index >= 15 is 0 Å². The van der Waals surface area contributed by atoms with E-state index in [0.717, 1.165) is 16.7 Å². The first-order valence-corrected chi connectivity index (χ1v) is 29.1. The van der Waals surface area contributed by atoms with Crippen LogP contribution in [0.4, 0.5) is 0 Å². The van der Waals surface area contributed by atoms with Gasteiger partial charge >= 0.3 is 11.9 Å². The molecule has 6 bridgehead atoms. The van der Waals surface area contributed by atoms with E-state index in [1.807, 2.05) is 56.3 Å². The van der Waals surface area contributed by atoms with E-state index in [4.69, 9.17) is 41.4 Å². The summed E-state index contributed by atoms with van der Waals surface area (Å²) in [5, 5.41) is 1.57. The molecule has 0 radical (unpaired) electrons. The largest absolute Gasteiger partial charge is 0.462 e. The quantitative estimate of drug-likeness (QED) is 0.0426. The van der Waals surface area contributed by atoms with Crippen LogP contribution in [-0.4, -0.2) is 105 Å². The van der Waals surface area contributed by atoms with Crippen LogP contribution >= 0.6 is 0 Å². The first-order chi connectivity index (χ1) is 37.7. The van der Waals surface area contributed by atoms with Crippen molar-refractivity contribution in [1.82, 2.24) is 15.0 Å². The van der Waals surface area contributed by atoms with Gasteiger partial charge in [0.1, 0.15) is 54.9 Å².